The molecule has 0 aliphatic heterocycles. The fourth-order valence-corrected chi connectivity index (χ4v) is 2.24. The highest BCUT2D eigenvalue weighted by Crippen LogP contribution is 2.25. The molecule has 0 aliphatic carbocycles. The summed E-state index contributed by atoms with van der Waals surface area (Å²) in [4.78, 5) is 10.9. The zero-order chi connectivity index (χ0) is 14.7. The second kappa shape index (κ2) is 6.05. The van der Waals surface area contributed by atoms with E-state index in [1.165, 1.54) is 18.2 Å². The average molecular weight is 297 g/mol. The van der Waals surface area contributed by atoms with Crippen LogP contribution < -0.4 is 4.74 Å². The lowest BCUT2D eigenvalue weighted by atomic mass is 10.2. The van der Waals surface area contributed by atoms with Crippen LogP contribution in [-0.4, -0.2) is 16.1 Å². The lowest BCUT2D eigenvalue weighted by molar-refractivity contribution is 0.111. The summed E-state index contributed by atoms with van der Waals surface area (Å²) < 4.78 is 20.7. The SMILES string of the molecule is CCc1nn(C)c(COc2c(F)cccc2C=O)c1Cl. The van der Waals surface area contributed by atoms with Crippen molar-refractivity contribution in [3.8, 4) is 5.75 Å². The number of hydrogen-bond acceptors (Lipinski definition) is 3. The highest BCUT2D eigenvalue weighted by atomic mass is 35.5. The molecule has 0 amide bonds. The van der Waals surface area contributed by atoms with Crippen LogP contribution in [0, 0.1) is 5.82 Å². The van der Waals surface area contributed by atoms with Gasteiger partial charge in [-0.05, 0) is 18.6 Å². The molecule has 0 spiro atoms. The van der Waals surface area contributed by atoms with Crippen molar-refractivity contribution in [2.45, 2.75) is 20.0 Å². The molecule has 0 saturated carbocycles. The molecular weight excluding hydrogens is 283 g/mol. The fraction of sp³-hybridized carbons (Fsp3) is 0.286. The average Bonchev–Trinajstić information content (AvgIpc) is 2.72. The van der Waals surface area contributed by atoms with Crippen LogP contribution in [0.4, 0.5) is 4.39 Å². The van der Waals surface area contributed by atoms with Crippen molar-refractivity contribution in [3.63, 3.8) is 0 Å². The van der Waals surface area contributed by atoms with Crippen LogP contribution in [0.2, 0.25) is 5.02 Å². The molecule has 0 saturated heterocycles. The van der Waals surface area contributed by atoms with Crippen LogP contribution >= 0.6 is 11.6 Å². The molecule has 1 heterocycles. The largest absolute Gasteiger partial charge is 0.483 e. The lowest BCUT2D eigenvalue weighted by Crippen LogP contribution is -2.06. The minimum atomic E-state index is -0.580. The number of benzene rings is 1. The van der Waals surface area contributed by atoms with Crippen LogP contribution in [0.5, 0.6) is 5.75 Å². The Morgan fingerprint density at radius 3 is 2.85 bits per heavy atom. The van der Waals surface area contributed by atoms with Crippen molar-refractivity contribution in [1.82, 2.24) is 9.78 Å². The minimum Gasteiger partial charge on any atom is -0.483 e. The molecule has 0 unspecified atom stereocenters. The molecule has 4 nitrogen and oxygen atoms in total. The van der Waals surface area contributed by atoms with Gasteiger partial charge in [-0.15, -0.1) is 0 Å². The van der Waals surface area contributed by atoms with E-state index in [4.69, 9.17) is 16.3 Å². The maximum atomic E-state index is 13.7. The van der Waals surface area contributed by atoms with Crippen LogP contribution in [0.3, 0.4) is 0 Å². The first kappa shape index (κ1) is 14.5. The minimum absolute atomic E-state index is 0.0457. The third-order valence-electron chi connectivity index (χ3n) is 2.98. The Kier molecular flexibility index (Phi) is 4.39. The Bertz CT molecular complexity index is 640. The predicted octanol–water partition coefficient (Wildman–Crippen LogP) is 3.17. The molecule has 0 bridgehead atoms. The molecule has 2 rings (SSSR count). The van der Waals surface area contributed by atoms with E-state index in [9.17, 15) is 9.18 Å². The first-order chi connectivity index (χ1) is 9.58. The van der Waals surface area contributed by atoms with Crippen molar-refractivity contribution < 1.29 is 13.9 Å². The summed E-state index contributed by atoms with van der Waals surface area (Å²) in [6.07, 6.45) is 1.26. The normalized spacial score (nSPS) is 10.6. The van der Waals surface area contributed by atoms with E-state index in [-0.39, 0.29) is 17.9 Å². The Balaban J connectivity index is 2.26. The van der Waals surface area contributed by atoms with Gasteiger partial charge in [0.15, 0.2) is 17.9 Å². The van der Waals surface area contributed by atoms with Gasteiger partial charge in [-0.2, -0.15) is 5.10 Å². The molecule has 1 aromatic carbocycles. The van der Waals surface area contributed by atoms with Gasteiger partial charge in [0, 0.05) is 7.05 Å². The standard InChI is InChI=1S/C14H14ClFN2O2/c1-3-11-13(15)12(18(2)17-11)8-20-14-9(7-19)5-4-6-10(14)16/h4-7H,3,8H2,1-2H3. The highest BCUT2D eigenvalue weighted by molar-refractivity contribution is 6.31. The summed E-state index contributed by atoms with van der Waals surface area (Å²) in [6.45, 7) is 1.99. The van der Waals surface area contributed by atoms with E-state index < -0.39 is 5.82 Å². The van der Waals surface area contributed by atoms with Gasteiger partial charge in [-0.25, -0.2) is 4.39 Å². The van der Waals surface area contributed by atoms with Crippen molar-refractivity contribution in [1.29, 1.82) is 0 Å². The van der Waals surface area contributed by atoms with Gasteiger partial charge in [0.1, 0.15) is 6.61 Å². The maximum absolute atomic E-state index is 13.7. The van der Waals surface area contributed by atoms with Gasteiger partial charge >= 0.3 is 0 Å². The first-order valence-corrected chi connectivity index (χ1v) is 6.53. The zero-order valence-electron chi connectivity index (χ0n) is 11.2. The summed E-state index contributed by atoms with van der Waals surface area (Å²) >= 11 is 6.18. The predicted molar refractivity (Wildman–Crippen MR) is 73.7 cm³/mol. The molecule has 0 atom stereocenters. The third-order valence-corrected chi connectivity index (χ3v) is 3.42. The highest BCUT2D eigenvalue weighted by Gasteiger charge is 2.15. The van der Waals surface area contributed by atoms with Gasteiger partial charge in [0.2, 0.25) is 0 Å². The monoisotopic (exact) mass is 296 g/mol. The van der Waals surface area contributed by atoms with Crippen LogP contribution in [0.1, 0.15) is 28.7 Å². The Morgan fingerprint density at radius 2 is 2.25 bits per heavy atom. The van der Waals surface area contributed by atoms with E-state index in [0.717, 1.165) is 5.69 Å². The maximum Gasteiger partial charge on any atom is 0.166 e. The van der Waals surface area contributed by atoms with Crippen LogP contribution in [-0.2, 0) is 20.1 Å². The molecule has 0 aliphatic rings. The Morgan fingerprint density at radius 1 is 1.50 bits per heavy atom. The van der Waals surface area contributed by atoms with Crippen molar-refractivity contribution in [3.05, 3.63) is 46.0 Å². The smallest absolute Gasteiger partial charge is 0.166 e. The van der Waals surface area contributed by atoms with E-state index in [1.807, 2.05) is 6.92 Å². The molecule has 20 heavy (non-hydrogen) atoms. The third kappa shape index (κ3) is 2.67. The van der Waals surface area contributed by atoms with Gasteiger partial charge < -0.3 is 4.74 Å². The number of para-hydroxylation sites is 1. The number of aromatic nitrogens is 2. The number of nitrogens with zero attached hydrogens (tertiary/aromatic N) is 2. The van der Waals surface area contributed by atoms with Crippen molar-refractivity contribution >= 4 is 17.9 Å². The molecule has 1 aromatic heterocycles. The van der Waals surface area contributed by atoms with Gasteiger partial charge in [-0.3, -0.25) is 9.48 Å². The number of carbonyl (C=O) groups excluding carboxylic acids is 1. The summed E-state index contributed by atoms with van der Waals surface area (Å²) in [5.74, 6) is -0.651. The van der Waals surface area contributed by atoms with E-state index in [1.54, 1.807) is 11.7 Å². The topological polar surface area (TPSA) is 44.1 Å². The summed E-state index contributed by atoms with van der Waals surface area (Å²) in [6, 6.07) is 4.19. The number of aldehydes is 1. The number of halogens is 2. The van der Waals surface area contributed by atoms with Gasteiger partial charge in [0.25, 0.3) is 0 Å². The number of carbonyl (C=O) groups is 1. The van der Waals surface area contributed by atoms with Crippen molar-refractivity contribution in [2.75, 3.05) is 0 Å². The van der Waals surface area contributed by atoms with Crippen molar-refractivity contribution in [2.24, 2.45) is 7.05 Å². The van der Waals surface area contributed by atoms with E-state index >= 15 is 0 Å². The lowest BCUT2D eigenvalue weighted by Gasteiger charge is -2.09. The summed E-state index contributed by atoms with van der Waals surface area (Å²) in [7, 11) is 1.74. The van der Waals surface area contributed by atoms with E-state index in [2.05, 4.69) is 5.10 Å². The van der Waals surface area contributed by atoms with Crippen LogP contribution in [0.15, 0.2) is 18.2 Å². The molecule has 2 aromatic rings. The zero-order valence-corrected chi connectivity index (χ0v) is 11.9. The Hall–Kier alpha value is -1.88. The Labute approximate surface area is 121 Å². The fourth-order valence-electron chi connectivity index (χ4n) is 1.89. The second-order valence-corrected chi connectivity index (χ2v) is 4.63. The molecule has 0 N–H and O–H groups in total. The number of hydrogen-bond donors (Lipinski definition) is 0. The van der Waals surface area contributed by atoms with Crippen LogP contribution in [0.25, 0.3) is 0 Å². The first-order valence-electron chi connectivity index (χ1n) is 6.15. The number of ether oxygens (including phenoxy) is 1. The summed E-state index contributed by atoms with van der Waals surface area (Å²) in [5.41, 5.74) is 1.57. The second-order valence-electron chi connectivity index (χ2n) is 4.25. The van der Waals surface area contributed by atoms with Gasteiger partial charge in [0.05, 0.1) is 22.0 Å². The number of rotatable bonds is 5. The molecule has 0 radical (unpaired) electrons. The van der Waals surface area contributed by atoms with Gasteiger partial charge in [-0.1, -0.05) is 24.6 Å². The van der Waals surface area contributed by atoms with E-state index in [0.29, 0.717) is 23.4 Å². The molecule has 6 heteroatoms. The quantitative estimate of drug-likeness (QED) is 0.796. The summed E-state index contributed by atoms with van der Waals surface area (Å²) in [5, 5.41) is 4.76. The molecular formula is C14H14ClFN2O2. The molecule has 0 fully saturated rings. The molecule has 106 valence electrons. The number of aryl methyl sites for hydroxylation is 2.